The number of hydrogen-bond donors (Lipinski definition) is 0. The summed E-state index contributed by atoms with van der Waals surface area (Å²) in [5.41, 5.74) is 2.73. The van der Waals surface area contributed by atoms with Crippen LogP contribution in [0.25, 0.3) is 0 Å². The molecule has 0 atom stereocenters. The Morgan fingerprint density at radius 3 is 2.19 bits per heavy atom. The van der Waals surface area contributed by atoms with E-state index in [-0.39, 0.29) is 18.3 Å². The van der Waals surface area contributed by atoms with Crippen LogP contribution in [0.2, 0.25) is 5.02 Å². The normalized spacial score (nSPS) is 13.7. The SMILES string of the molecule is O=C(COc1ccc(Cl)cc1)Cc1ccccc1N1CCN(C(=O)c2ccccc2)CC1. The third-order valence-corrected chi connectivity index (χ3v) is 5.77. The van der Waals surface area contributed by atoms with Crippen molar-refractivity contribution in [3.8, 4) is 5.75 Å². The third-order valence-electron chi connectivity index (χ3n) is 5.52. The summed E-state index contributed by atoms with van der Waals surface area (Å²) in [5, 5.41) is 0.628. The van der Waals surface area contributed by atoms with E-state index in [4.69, 9.17) is 16.3 Å². The van der Waals surface area contributed by atoms with Gasteiger partial charge in [0.1, 0.15) is 12.4 Å². The van der Waals surface area contributed by atoms with Gasteiger partial charge in [-0.15, -0.1) is 0 Å². The molecule has 32 heavy (non-hydrogen) atoms. The largest absolute Gasteiger partial charge is 0.486 e. The summed E-state index contributed by atoms with van der Waals surface area (Å²) in [6.07, 6.45) is 0.299. The summed E-state index contributed by atoms with van der Waals surface area (Å²) in [7, 11) is 0. The fraction of sp³-hybridized carbons (Fsp3) is 0.231. The average Bonchev–Trinajstić information content (AvgIpc) is 2.84. The lowest BCUT2D eigenvalue weighted by Crippen LogP contribution is -2.49. The maximum atomic E-state index is 12.7. The van der Waals surface area contributed by atoms with Gasteiger partial charge < -0.3 is 14.5 Å². The fourth-order valence-corrected chi connectivity index (χ4v) is 3.97. The van der Waals surface area contributed by atoms with E-state index in [0.29, 0.717) is 35.8 Å². The quantitative estimate of drug-likeness (QED) is 0.534. The number of carbonyl (C=O) groups is 2. The molecule has 0 aliphatic carbocycles. The van der Waals surface area contributed by atoms with Crippen LogP contribution in [0.15, 0.2) is 78.9 Å². The molecule has 0 bridgehead atoms. The molecule has 3 aromatic rings. The first kappa shape index (κ1) is 21.9. The van der Waals surface area contributed by atoms with Gasteiger partial charge in [0.2, 0.25) is 0 Å². The van der Waals surface area contributed by atoms with E-state index < -0.39 is 0 Å². The summed E-state index contributed by atoms with van der Waals surface area (Å²) in [4.78, 5) is 29.4. The number of carbonyl (C=O) groups excluding carboxylic acids is 2. The first-order chi connectivity index (χ1) is 15.6. The Hall–Kier alpha value is -3.31. The Kier molecular flexibility index (Phi) is 7.07. The van der Waals surface area contributed by atoms with Crippen molar-refractivity contribution in [2.24, 2.45) is 0 Å². The van der Waals surface area contributed by atoms with Crippen molar-refractivity contribution in [2.45, 2.75) is 6.42 Å². The average molecular weight is 449 g/mol. The fourth-order valence-electron chi connectivity index (χ4n) is 3.84. The van der Waals surface area contributed by atoms with E-state index >= 15 is 0 Å². The molecule has 6 heteroatoms. The number of Topliss-reactive ketones (excluding diaryl/α,β-unsaturated/α-hetero) is 1. The highest BCUT2D eigenvalue weighted by atomic mass is 35.5. The number of rotatable bonds is 7. The number of hydrogen-bond acceptors (Lipinski definition) is 4. The van der Waals surface area contributed by atoms with E-state index in [1.54, 1.807) is 24.3 Å². The predicted molar refractivity (Wildman–Crippen MR) is 127 cm³/mol. The molecule has 3 aromatic carbocycles. The van der Waals surface area contributed by atoms with E-state index in [0.717, 1.165) is 24.3 Å². The van der Waals surface area contributed by atoms with Crippen molar-refractivity contribution < 1.29 is 14.3 Å². The second-order valence-corrected chi connectivity index (χ2v) is 8.17. The number of ketones is 1. The zero-order valence-corrected chi connectivity index (χ0v) is 18.5. The molecule has 0 N–H and O–H groups in total. The topological polar surface area (TPSA) is 49.9 Å². The van der Waals surface area contributed by atoms with Crippen molar-refractivity contribution >= 4 is 29.0 Å². The number of piperazine rings is 1. The Labute approximate surface area is 193 Å². The minimum atomic E-state index is 0.00490. The monoisotopic (exact) mass is 448 g/mol. The molecule has 1 heterocycles. The lowest BCUT2D eigenvalue weighted by Gasteiger charge is -2.37. The molecule has 4 rings (SSSR count). The summed E-state index contributed by atoms with van der Waals surface area (Å²) in [5.74, 6) is 0.689. The molecule has 0 radical (unpaired) electrons. The predicted octanol–water partition coefficient (Wildman–Crippen LogP) is 4.49. The maximum Gasteiger partial charge on any atom is 0.253 e. The van der Waals surface area contributed by atoms with Crippen LogP contribution in [0.1, 0.15) is 15.9 Å². The molecular weight excluding hydrogens is 424 g/mol. The number of anilines is 1. The molecule has 0 aromatic heterocycles. The smallest absolute Gasteiger partial charge is 0.253 e. The summed E-state index contributed by atoms with van der Waals surface area (Å²) < 4.78 is 5.60. The lowest BCUT2D eigenvalue weighted by molar-refractivity contribution is -0.120. The highest BCUT2D eigenvalue weighted by molar-refractivity contribution is 6.30. The van der Waals surface area contributed by atoms with E-state index in [1.165, 1.54) is 0 Å². The van der Waals surface area contributed by atoms with Crippen molar-refractivity contribution in [1.82, 2.24) is 4.90 Å². The molecule has 1 fully saturated rings. The number of amides is 1. The summed E-state index contributed by atoms with van der Waals surface area (Å²) in [6, 6.07) is 24.3. The molecule has 0 spiro atoms. The van der Waals surface area contributed by atoms with Crippen molar-refractivity contribution in [3.05, 3.63) is 95.0 Å². The van der Waals surface area contributed by atoms with Crippen LogP contribution in [0.4, 0.5) is 5.69 Å². The zero-order chi connectivity index (χ0) is 22.3. The minimum absolute atomic E-state index is 0.00490. The number of benzene rings is 3. The van der Waals surface area contributed by atoms with Crippen LogP contribution in [-0.2, 0) is 11.2 Å². The number of ether oxygens (including phenoxy) is 1. The molecule has 0 unspecified atom stereocenters. The van der Waals surface area contributed by atoms with E-state index in [1.807, 2.05) is 59.5 Å². The van der Waals surface area contributed by atoms with E-state index in [9.17, 15) is 9.59 Å². The molecule has 1 aliphatic heterocycles. The van der Waals surface area contributed by atoms with Crippen molar-refractivity contribution in [3.63, 3.8) is 0 Å². The van der Waals surface area contributed by atoms with Gasteiger partial charge >= 0.3 is 0 Å². The Morgan fingerprint density at radius 1 is 0.812 bits per heavy atom. The maximum absolute atomic E-state index is 12.7. The summed E-state index contributed by atoms with van der Waals surface area (Å²) >= 11 is 5.88. The Bertz CT molecular complexity index is 1060. The van der Waals surface area contributed by atoms with Crippen molar-refractivity contribution in [1.29, 1.82) is 0 Å². The van der Waals surface area contributed by atoms with E-state index in [2.05, 4.69) is 4.90 Å². The number of para-hydroxylation sites is 1. The van der Waals surface area contributed by atoms with Crippen LogP contribution >= 0.6 is 11.6 Å². The number of halogens is 1. The lowest BCUT2D eigenvalue weighted by atomic mass is 10.1. The zero-order valence-electron chi connectivity index (χ0n) is 17.7. The standard InChI is InChI=1S/C26H25ClN2O3/c27-22-10-12-24(13-11-22)32-19-23(30)18-21-8-4-5-9-25(21)28-14-16-29(17-15-28)26(31)20-6-2-1-3-7-20/h1-13H,14-19H2. The van der Waals surface area contributed by atoms with Gasteiger partial charge in [-0.2, -0.15) is 0 Å². The highest BCUT2D eigenvalue weighted by Crippen LogP contribution is 2.23. The second kappa shape index (κ2) is 10.3. The van der Waals surface area contributed by atoms with Crippen LogP contribution in [0.3, 0.4) is 0 Å². The molecule has 1 amide bonds. The molecular formula is C26H25ClN2O3. The van der Waals surface area contributed by atoms with Crippen LogP contribution in [-0.4, -0.2) is 49.4 Å². The van der Waals surface area contributed by atoms with Gasteiger partial charge in [0, 0.05) is 48.9 Å². The molecule has 1 saturated heterocycles. The molecule has 0 saturated carbocycles. The van der Waals surface area contributed by atoms with Gasteiger partial charge in [-0.1, -0.05) is 48.0 Å². The van der Waals surface area contributed by atoms with Gasteiger partial charge in [-0.3, -0.25) is 9.59 Å². The second-order valence-electron chi connectivity index (χ2n) is 7.73. The van der Waals surface area contributed by atoms with Crippen LogP contribution < -0.4 is 9.64 Å². The Balaban J connectivity index is 1.34. The van der Waals surface area contributed by atoms with Gasteiger partial charge in [0.25, 0.3) is 5.91 Å². The van der Waals surface area contributed by atoms with Crippen LogP contribution in [0, 0.1) is 0 Å². The highest BCUT2D eigenvalue weighted by Gasteiger charge is 2.23. The first-order valence-corrected chi connectivity index (χ1v) is 11.1. The summed E-state index contributed by atoms with van der Waals surface area (Å²) in [6.45, 7) is 2.76. The van der Waals surface area contributed by atoms with Gasteiger partial charge in [-0.05, 0) is 48.0 Å². The first-order valence-electron chi connectivity index (χ1n) is 10.7. The van der Waals surface area contributed by atoms with Crippen LogP contribution in [0.5, 0.6) is 5.75 Å². The van der Waals surface area contributed by atoms with Crippen molar-refractivity contribution in [2.75, 3.05) is 37.7 Å². The number of nitrogens with zero attached hydrogens (tertiary/aromatic N) is 2. The van der Waals surface area contributed by atoms with Gasteiger partial charge in [-0.25, -0.2) is 0 Å². The van der Waals surface area contributed by atoms with Gasteiger partial charge in [0.05, 0.1) is 0 Å². The molecule has 164 valence electrons. The minimum Gasteiger partial charge on any atom is -0.486 e. The molecule has 1 aliphatic rings. The van der Waals surface area contributed by atoms with Gasteiger partial charge in [0.15, 0.2) is 5.78 Å². The molecule has 5 nitrogen and oxygen atoms in total. The third kappa shape index (κ3) is 5.48. The Morgan fingerprint density at radius 2 is 1.47 bits per heavy atom.